The second-order valence-electron chi connectivity index (χ2n) is 9.43. The topological polar surface area (TPSA) is 70.6 Å². The zero-order valence-electron chi connectivity index (χ0n) is 18.6. The lowest BCUT2D eigenvalue weighted by Crippen LogP contribution is -2.40. The molecule has 1 aromatic heterocycles. The van der Waals surface area contributed by atoms with Gasteiger partial charge in [0.25, 0.3) is 0 Å². The third-order valence-corrected chi connectivity index (χ3v) is 6.09. The van der Waals surface area contributed by atoms with Crippen molar-refractivity contribution in [3.8, 4) is 6.07 Å². The predicted molar refractivity (Wildman–Crippen MR) is 120 cm³/mol. The molecule has 0 bridgehead atoms. The highest BCUT2D eigenvalue weighted by atomic mass is 15.6. The number of nitrogens with zero attached hydrogens (tertiary/aromatic N) is 6. The van der Waals surface area contributed by atoms with Crippen molar-refractivity contribution in [1.29, 1.82) is 5.26 Å². The van der Waals surface area contributed by atoms with Crippen LogP contribution < -0.4 is 0 Å². The molecule has 1 atom stereocenters. The highest BCUT2D eigenvalue weighted by Crippen LogP contribution is 2.34. The van der Waals surface area contributed by atoms with E-state index in [9.17, 15) is 5.26 Å². The first-order valence-corrected chi connectivity index (χ1v) is 11.0. The summed E-state index contributed by atoms with van der Waals surface area (Å²) in [5.41, 5.74) is 2.92. The fourth-order valence-corrected chi connectivity index (χ4v) is 4.51. The van der Waals surface area contributed by atoms with Gasteiger partial charge < -0.3 is 0 Å². The third-order valence-electron chi connectivity index (χ3n) is 6.09. The Labute approximate surface area is 184 Å². The van der Waals surface area contributed by atoms with Crippen molar-refractivity contribution in [3.05, 3.63) is 77.1 Å². The summed E-state index contributed by atoms with van der Waals surface area (Å²) in [4.78, 5) is 2.48. The maximum atomic E-state index is 9.43. The van der Waals surface area contributed by atoms with Crippen molar-refractivity contribution in [3.63, 3.8) is 0 Å². The van der Waals surface area contributed by atoms with Crippen LogP contribution in [-0.2, 0) is 12.0 Å². The van der Waals surface area contributed by atoms with Crippen molar-refractivity contribution in [2.75, 3.05) is 13.1 Å². The van der Waals surface area contributed by atoms with Crippen LogP contribution in [0.25, 0.3) is 0 Å². The Morgan fingerprint density at radius 1 is 1.06 bits per heavy atom. The molecule has 31 heavy (non-hydrogen) atoms. The minimum atomic E-state index is -0.227. The summed E-state index contributed by atoms with van der Waals surface area (Å²) in [6.07, 6.45) is 3.41. The zero-order chi connectivity index (χ0) is 21.8. The highest BCUT2D eigenvalue weighted by Gasteiger charge is 2.33. The van der Waals surface area contributed by atoms with E-state index in [1.54, 1.807) is 0 Å². The lowest BCUT2D eigenvalue weighted by Gasteiger charge is -2.38. The smallest absolute Gasteiger partial charge is 0.173 e. The maximum Gasteiger partial charge on any atom is 0.173 e. The average molecular weight is 415 g/mol. The van der Waals surface area contributed by atoms with Gasteiger partial charge in [-0.1, -0.05) is 42.5 Å². The maximum absolute atomic E-state index is 9.43. The number of likely N-dealkylation sites (tertiary alicyclic amines) is 1. The zero-order valence-corrected chi connectivity index (χ0v) is 18.6. The largest absolute Gasteiger partial charge is 0.290 e. The Hall–Kier alpha value is -3.04. The molecule has 2 aromatic carbocycles. The molecule has 4 rings (SSSR count). The standard InChI is InChI=1S/C25H30N6/c1-25(2,3)31-24(27-28-29-31)23(22-11-7-10-21(17-22)18-26)30-14-12-20(13-15-30)16-19-8-5-4-6-9-19/h4-11,17,20,23H,12-16H2,1-3H3/t23-/m0/s1. The second kappa shape index (κ2) is 8.99. The summed E-state index contributed by atoms with van der Waals surface area (Å²) in [7, 11) is 0. The molecule has 0 N–H and O–H groups in total. The monoisotopic (exact) mass is 414 g/mol. The van der Waals surface area contributed by atoms with E-state index >= 15 is 0 Å². The van der Waals surface area contributed by atoms with Gasteiger partial charge in [0, 0.05) is 0 Å². The van der Waals surface area contributed by atoms with Crippen LogP contribution in [0.5, 0.6) is 0 Å². The molecule has 1 saturated heterocycles. The molecule has 2 heterocycles. The van der Waals surface area contributed by atoms with Crippen molar-refractivity contribution < 1.29 is 0 Å². The second-order valence-corrected chi connectivity index (χ2v) is 9.43. The van der Waals surface area contributed by atoms with Gasteiger partial charge >= 0.3 is 0 Å². The molecule has 0 unspecified atom stereocenters. The lowest BCUT2D eigenvalue weighted by atomic mass is 9.88. The number of aromatic nitrogens is 4. The van der Waals surface area contributed by atoms with Crippen molar-refractivity contribution in [2.24, 2.45) is 5.92 Å². The van der Waals surface area contributed by atoms with Gasteiger partial charge in [0.15, 0.2) is 5.82 Å². The van der Waals surface area contributed by atoms with Gasteiger partial charge in [0.05, 0.1) is 23.2 Å². The van der Waals surface area contributed by atoms with Gasteiger partial charge in [0.2, 0.25) is 0 Å². The number of hydrogen-bond donors (Lipinski definition) is 0. The van der Waals surface area contributed by atoms with Crippen molar-refractivity contribution >= 4 is 0 Å². The van der Waals surface area contributed by atoms with E-state index in [2.05, 4.69) is 83.7 Å². The number of piperidine rings is 1. The number of benzene rings is 2. The third kappa shape index (κ3) is 4.83. The Balaban J connectivity index is 1.60. The van der Waals surface area contributed by atoms with Crippen molar-refractivity contribution in [1.82, 2.24) is 25.1 Å². The summed E-state index contributed by atoms with van der Waals surface area (Å²) in [6.45, 7) is 8.30. The van der Waals surface area contributed by atoms with E-state index in [0.717, 1.165) is 43.7 Å². The van der Waals surface area contributed by atoms with E-state index in [-0.39, 0.29) is 11.6 Å². The van der Waals surface area contributed by atoms with E-state index in [0.29, 0.717) is 11.5 Å². The molecule has 0 saturated carbocycles. The van der Waals surface area contributed by atoms with E-state index in [1.165, 1.54) is 5.56 Å². The van der Waals surface area contributed by atoms with E-state index in [4.69, 9.17) is 0 Å². The first kappa shape index (κ1) is 21.2. The number of hydrogen-bond acceptors (Lipinski definition) is 5. The van der Waals surface area contributed by atoms with Crippen LogP contribution in [0.1, 0.15) is 62.2 Å². The molecule has 0 spiro atoms. The minimum absolute atomic E-state index is 0.0693. The molecular formula is C25H30N6. The van der Waals surface area contributed by atoms with Crippen LogP contribution >= 0.6 is 0 Å². The van der Waals surface area contributed by atoms with Gasteiger partial charge in [-0.3, -0.25) is 4.90 Å². The summed E-state index contributed by atoms with van der Waals surface area (Å²) >= 11 is 0. The molecule has 160 valence electrons. The molecule has 0 amide bonds. The SMILES string of the molecule is CC(C)(C)n1nnnc1[C@H](c1cccc(C#N)c1)N1CCC(Cc2ccccc2)CC1. The molecule has 3 aromatic rings. The molecule has 1 aliphatic heterocycles. The molecule has 6 nitrogen and oxygen atoms in total. The van der Waals surface area contributed by atoms with Gasteiger partial charge in [-0.05, 0) is 92.7 Å². The Morgan fingerprint density at radius 3 is 2.48 bits per heavy atom. The number of tetrazole rings is 1. The molecule has 0 radical (unpaired) electrons. The first-order chi connectivity index (χ1) is 15.0. The predicted octanol–water partition coefficient (Wildman–Crippen LogP) is 4.34. The van der Waals surface area contributed by atoms with Gasteiger partial charge in [-0.2, -0.15) is 5.26 Å². The van der Waals surface area contributed by atoms with E-state index in [1.807, 2.05) is 22.9 Å². The minimum Gasteiger partial charge on any atom is -0.290 e. The highest BCUT2D eigenvalue weighted by molar-refractivity contribution is 5.36. The average Bonchev–Trinajstić information content (AvgIpc) is 3.26. The van der Waals surface area contributed by atoms with Crippen LogP contribution in [0.2, 0.25) is 0 Å². The van der Waals surface area contributed by atoms with Crippen LogP contribution in [0.4, 0.5) is 0 Å². The molecule has 1 aliphatic rings. The van der Waals surface area contributed by atoms with Crippen molar-refractivity contribution in [2.45, 2.75) is 51.6 Å². The fourth-order valence-electron chi connectivity index (χ4n) is 4.51. The number of rotatable bonds is 5. The van der Waals surface area contributed by atoms with Crippen LogP contribution in [0, 0.1) is 17.2 Å². The van der Waals surface area contributed by atoms with Gasteiger partial charge in [0.1, 0.15) is 0 Å². The lowest BCUT2D eigenvalue weighted by molar-refractivity contribution is 0.139. The molecular weight excluding hydrogens is 384 g/mol. The summed E-state index contributed by atoms with van der Waals surface area (Å²) in [5, 5.41) is 22.2. The Bertz CT molecular complexity index is 1040. The van der Waals surface area contributed by atoms with Gasteiger partial charge in [-0.15, -0.1) is 5.10 Å². The number of nitriles is 1. The summed E-state index contributed by atoms with van der Waals surface area (Å²) in [5.74, 6) is 1.52. The molecule has 0 aliphatic carbocycles. The van der Waals surface area contributed by atoms with Crippen LogP contribution in [0.3, 0.4) is 0 Å². The normalized spacial score (nSPS) is 16.7. The first-order valence-electron chi connectivity index (χ1n) is 11.0. The Morgan fingerprint density at radius 2 is 1.81 bits per heavy atom. The van der Waals surface area contributed by atoms with Crippen LogP contribution in [-0.4, -0.2) is 38.2 Å². The molecule has 1 fully saturated rings. The van der Waals surface area contributed by atoms with E-state index < -0.39 is 0 Å². The van der Waals surface area contributed by atoms with Crippen LogP contribution in [0.15, 0.2) is 54.6 Å². The Kier molecular flexibility index (Phi) is 6.15. The fraction of sp³-hybridized carbons (Fsp3) is 0.440. The van der Waals surface area contributed by atoms with Gasteiger partial charge in [-0.25, -0.2) is 4.68 Å². The summed E-state index contributed by atoms with van der Waals surface area (Å²) in [6, 6.07) is 20.8. The quantitative estimate of drug-likeness (QED) is 0.621. The summed E-state index contributed by atoms with van der Waals surface area (Å²) < 4.78 is 1.92. The molecule has 6 heteroatoms.